The third kappa shape index (κ3) is 5.17. The summed E-state index contributed by atoms with van der Waals surface area (Å²) in [6.45, 7) is 4.69. The Morgan fingerprint density at radius 2 is 1.07 bits per heavy atom. The Balaban J connectivity index is 1.01. The number of amides is 2. The second-order valence-electron chi connectivity index (χ2n) is 12.1. The van der Waals surface area contributed by atoms with E-state index in [1.54, 1.807) is 13.8 Å². The van der Waals surface area contributed by atoms with Crippen molar-refractivity contribution in [3.05, 3.63) is 71.3 Å². The van der Waals surface area contributed by atoms with Gasteiger partial charge in [0.15, 0.2) is 11.6 Å². The summed E-state index contributed by atoms with van der Waals surface area (Å²) in [6.07, 6.45) is 5.34. The van der Waals surface area contributed by atoms with Crippen molar-refractivity contribution in [2.75, 3.05) is 13.1 Å². The number of aromatic amines is 2. The predicted molar refractivity (Wildman–Crippen MR) is 161 cm³/mol. The van der Waals surface area contributed by atoms with Crippen LogP contribution >= 0.6 is 0 Å². The molecule has 3 fully saturated rings. The highest BCUT2D eigenvalue weighted by Gasteiger charge is 2.35. The quantitative estimate of drug-likeness (QED) is 0.285. The Morgan fingerprint density at radius 3 is 1.45 bits per heavy atom. The Hall–Kier alpha value is -4.42. The van der Waals surface area contributed by atoms with Crippen LogP contribution in [0.2, 0.25) is 0 Å². The number of H-pyrrole nitrogens is 2. The van der Waals surface area contributed by atoms with E-state index in [2.05, 4.69) is 20.4 Å². The smallest absolute Gasteiger partial charge is 0.220 e. The maximum Gasteiger partial charge on any atom is 0.220 e. The lowest BCUT2D eigenvalue weighted by molar-refractivity contribution is -0.137. The second-order valence-corrected chi connectivity index (χ2v) is 12.1. The Labute approximate surface area is 255 Å². The van der Waals surface area contributed by atoms with E-state index in [4.69, 9.17) is 9.97 Å². The lowest BCUT2D eigenvalue weighted by Gasteiger charge is -2.24. The Kier molecular flexibility index (Phi) is 7.47. The molecule has 4 atom stereocenters. The first-order valence-electron chi connectivity index (χ1n) is 15.4. The summed E-state index contributed by atoms with van der Waals surface area (Å²) in [7, 11) is 0. The van der Waals surface area contributed by atoms with Crippen LogP contribution in [0.15, 0.2) is 48.5 Å². The largest absolute Gasteiger partial charge is 0.333 e. The molecular formula is C32H37N9O3. The molecule has 0 bridgehead atoms. The molecular weight excluding hydrogens is 558 g/mol. The third-order valence-electron chi connectivity index (χ3n) is 9.41. The first kappa shape index (κ1) is 28.4. The lowest BCUT2D eigenvalue weighted by atomic mass is 10.0. The van der Waals surface area contributed by atoms with E-state index in [1.807, 2.05) is 58.3 Å². The predicted octanol–water partition coefficient (Wildman–Crippen LogP) is 4.89. The van der Waals surface area contributed by atoms with Crippen molar-refractivity contribution in [2.45, 2.75) is 76.5 Å². The molecule has 2 aromatic carbocycles. The van der Waals surface area contributed by atoms with Gasteiger partial charge in [-0.2, -0.15) is 15.3 Å². The van der Waals surface area contributed by atoms with Gasteiger partial charge in [-0.25, -0.2) is 9.97 Å². The van der Waals surface area contributed by atoms with Crippen molar-refractivity contribution in [1.82, 2.24) is 45.2 Å². The van der Waals surface area contributed by atoms with Gasteiger partial charge in [0.2, 0.25) is 11.8 Å². The van der Waals surface area contributed by atoms with Crippen LogP contribution in [-0.2, 0) is 9.59 Å². The summed E-state index contributed by atoms with van der Waals surface area (Å²) < 4.78 is 0. The molecule has 7 rings (SSSR count). The molecule has 0 aliphatic carbocycles. The maximum absolute atomic E-state index is 12.0. The van der Waals surface area contributed by atoms with Crippen LogP contribution in [0.1, 0.15) is 99.3 Å². The topological polar surface area (TPSA) is 147 Å². The van der Waals surface area contributed by atoms with E-state index in [1.165, 1.54) is 5.06 Å². The van der Waals surface area contributed by atoms with Crippen molar-refractivity contribution in [3.8, 4) is 22.8 Å². The normalized spacial score (nSPS) is 24.0. The number of nitrogens with one attached hydrogen (secondary N) is 2. The Morgan fingerprint density at radius 1 is 0.659 bits per heavy atom. The molecule has 12 nitrogen and oxygen atoms in total. The molecule has 4 unspecified atom stereocenters. The fourth-order valence-corrected chi connectivity index (χ4v) is 7.11. The highest BCUT2D eigenvalue weighted by molar-refractivity contribution is 5.74. The fourth-order valence-electron chi connectivity index (χ4n) is 7.11. The molecule has 3 aliphatic heterocycles. The highest BCUT2D eigenvalue weighted by Crippen LogP contribution is 2.43. The lowest BCUT2D eigenvalue weighted by Crippen LogP contribution is -2.28. The van der Waals surface area contributed by atoms with Crippen LogP contribution < -0.4 is 0 Å². The van der Waals surface area contributed by atoms with Gasteiger partial charge in [0.25, 0.3) is 0 Å². The molecule has 2 amide bonds. The minimum atomic E-state index is -0.120. The zero-order valence-electron chi connectivity index (χ0n) is 25.0. The van der Waals surface area contributed by atoms with Crippen LogP contribution in [-0.4, -0.2) is 75.3 Å². The molecule has 44 heavy (non-hydrogen) atoms. The molecule has 0 radical (unpaired) electrons. The molecule has 3 N–H and O–H groups in total. The number of benzene rings is 2. The van der Waals surface area contributed by atoms with Crippen molar-refractivity contribution >= 4 is 11.8 Å². The van der Waals surface area contributed by atoms with Crippen molar-refractivity contribution in [2.24, 2.45) is 0 Å². The van der Waals surface area contributed by atoms with E-state index in [0.717, 1.165) is 85.5 Å². The van der Waals surface area contributed by atoms with Gasteiger partial charge in [-0.1, -0.05) is 48.5 Å². The summed E-state index contributed by atoms with van der Waals surface area (Å²) >= 11 is 0. The number of rotatable bonds is 6. The molecule has 4 aromatic rings. The molecule has 228 valence electrons. The number of likely N-dealkylation sites (tertiary alicyclic amines) is 2. The number of carbonyl (C=O) groups is 2. The first-order valence-corrected chi connectivity index (χ1v) is 15.4. The number of aromatic nitrogens is 6. The average Bonchev–Trinajstić information content (AvgIpc) is 3.86. The van der Waals surface area contributed by atoms with E-state index in [9.17, 15) is 14.8 Å². The maximum atomic E-state index is 12.0. The minimum Gasteiger partial charge on any atom is -0.333 e. The summed E-state index contributed by atoms with van der Waals surface area (Å²) in [5.74, 6) is 2.76. The van der Waals surface area contributed by atoms with Crippen LogP contribution in [0.25, 0.3) is 22.8 Å². The highest BCUT2D eigenvalue weighted by atomic mass is 16.5. The number of hydrogen-bond acceptors (Lipinski definition) is 8. The summed E-state index contributed by atoms with van der Waals surface area (Å²) in [6, 6.07) is 15.7. The molecule has 0 saturated carbocycles. The monoisotopic (exact) mass is 595 g/mol. The van der Waals surface area contributed by atoms with Crippen molar-refractivity contribution in [1.29, 1.82) is 0 Å². The molecule has 3 aliphatic rings. The first-order chi connectivity index (χ1) is 21.4. The Bertz CT molecular complexity index is 1530. The van der Waals surface area contributed by atoms with Gasteiger partial charge < -0.3 is 15.0 Å². The minimum absolute atomic E-state index is 0.0518. The van der Waals surface area contributed by atoms with E-state index in [-0.39, 0.29) is 36.0 Å². The van der Waals surface area contributed by atoms with Gasteiger partial charge in [-0.3, -0.25) is 19.8 Å². The zero-order valence-corrected chi connectivity index (χ0v) is 25.0. The number of carbonyl (C=O) groups excluding carboxylic acids is 2. The van der Waals surface area contributed by atoms with Crippen LogP contribution in [0.5, 0.6) is 0 Å². The van der Waals surface area contributed by atoms with Crippen LogP contribution in [0.4, 0.5) is 0 Å². The number of nitrogens with zero attached hydrogens (tertiary/aromatic N) is 7. The molecule has 5 heterocycles. The molecule has 3 saturated heterocycles. The van der Waals surface area contributed by atoms with E-state index >= 15 is 0 Å². The number of hydroxylamine groups is 2. The number of hydrogen-bond donors (Lipinski definition) is 3. The zero-order chi connectivity index (χ0) is 30.4. The van der Waals surface area contributed by atoms with Gasteiger partial charge in [0.05, 0.1) is 24.2 Å². The van der Waals surface area contributed by atoms with Gasteiger partial charge in [-0.05, 0) is 49.7 Å². The molecule has 0 spiro atoms. The van der Waals surface area contributed by atoms with Crippen LogP contribution in [0.3, 0.4) is 0 Å². The SMILES string of the molecule is CC(=O)N1CCCC1c1nc(-c2ccc(C3CCC(c4ccc(-c5n[nH]c(C6CCCN6C(C)=O)n5)cc4)N3O)cc2)n[nH]1. The van der Waals surface area contributed by atoms with Gasteiger partial charge in [0.1, 0.15) is 11.6 Å². The van der Waals surface area contributed by atoms with Gasteiger partial charge in [0, 0.05) is 38.1 Å². The summed E-state index contributed by atoms with van der Waals surface area (Å²) in [5, 5.41) is 27.6. The summed E-state index contributed by atoms with van der Waals surface area (Å²) in [5.41, 5.74) is 3.83. The summed E-state index contributed by atoms with van der Waals surface area (Å²) in [4.78, 5) is 37.0. The second kappa shape index (κ2) is 11.6. The fraction of sp³-hybridized carbons (Fsp3) is 0.438. The van der Waals surface area contributed by atoms with Crippen LogP contribution in [0, 0.1) is 0 Å². The van der Waals surface area contributed by atoms with Gasteiger partial charge in [-0.15, -0.1) is 0 Å². The van der Waals surface area contributed by atoms with Gasteiger partial charge >= 0.3 is 0 Å². The van der Waals surface area contributed by atoms with E-state index in [0.29, 0.717) is 11.6 Å². The van der Waals surface area contributed by atoms with Crippen molar-refractivity contribution < 1.29 is 14.8 Å². The molecule has 2 aromatic heterocycles. The third-order valence-corrected chi connectivity index (χ3v) is 9.41. The molecule has 12 heteroatoms. The average molecular weight is 596 g/mol. The van der Waals surface area contributed by atoms with Crippen molar-refractivity contribution in [3.63, 3.8) is 0 Å². The van der Waals surface area contributed by atoms with E-state index < -0.39 is 0 Å². The standard InChI is InChI=1S/C32H37N9O3/c1-19(42)39-17-3-5-27(39)31-33-29(35-37-31)23-11-7-21(8-12-23)25-15-16-26(41(25)44)22-9-13-24(14-10-22)30-34-32(38-36-30)28-6-4-18-40(28)20(2)43/h7-14,25-28,44H,3-6,15-18H2,1-2H3,(H,33,35,37)(H,34,36,38).